The van der Waals surface area contributed by atoms with Gasteiger partial charge in [-0.2, -0.15) is 13.2 Å². The van der Waals surface area contributed by atoms with Gasteiger partial charge in [0.2, 0.25) is 15.9 Å². The first-order chi connectivity index (χ1) is 21.8. The van der Waals surface area contributed by atoms with Gasteiger partial charge in [-0.1, -0.05) is 35.9 Å². The van der Waals surface area contributed by atoms with E-state index in [0.717, 1.165) is 48.7 Å². The normalized spacial score (nSPS) is 12.8. The molecule has 0 aliphatic carbocycles. The quantitative estimate of drug-likeness (QED) is 0.178. The summed E-state index contributed by atoms with van der Waals surface area (Å²) in [6, 6.07) is 14.5. The fourth-order valence-electron chi connectivity index (χ4n) is 4.32. The van der Waals surface area contributed by atoms with Crippen molar-refractivity contribution in [2.75, 3.05) is 15.3 Å². The molecule has 1 unspecified atom stereocenters. The molecular weight excluding hydrogens is 691 g/mol. The number of halogens is 6. The van der Waals surface area contributed by atoms with Gasteiger partial charge in [0, 0.05) is 17.1 Å². The number of nitrogens with one attached hydrogen (secondary N) is 2. The Balaban J connectivity index is 1.73. The molecule has 47 heavy (non-hydrogen) atoms. The molecule has 4 rings (SSSR count). The van der Waals surface area contributed by atoms with Crippen LogP contribution in [0.4, 0.5) is 33.5 Å². The number of anilines is 2. The van der Waals surface area contributed by atoms with E-state index in [0.29, 0.717) is 21.0 Å². The highest BCUT2D eigenvalue weighted by Gasteiger charge is 2.36. The Kier molecular flexibility index (Phi) is 10.5. The number of alkyl halides is 3. The van der Waals surface area contributed by atoms with Gasteiger partial charge in [0.15, 0.2) is 0 Å². The number of amides is 1. The molecule has 0 aliphatic rings. The standard InChI is InChI=1S/C30H26ClF5N4O5S2/c1-18(20-5-13-26(25(33)15-20)39-46(2,42)43)29(41)37-16-21-6-14-27(30(34,35)36)38-28(21)40(17-19-3-7-22(31)8-4-19)47(44,45)24-11-9-23(32)10-12-24/h3-15,18,39H,16-17H2,1-2H3,(H,37,41). The van der Waals surface area contributed by atoms with Gasteiger partial charge in [-0.3, -0.25) is 9.52 Å². The monoisotopic (exact) mass is 716 g/mol. The Morgan fingerprint density at radius 2 is 1.57 bits per heavy atom. The number of carbonyl (C=O) groups excluding carboxylic acids is 1. The maximum Gasteiger partial charge on any atom is 0.433 e. The van der Waals surface area contributed by atoms with Gasteiger partial charge in [-0.05, 0) is 72.6 Å². The Morgan fingerprint density at radius 3 is 2.15 bits per heavy atom. The van der Waals surface area contributed by atoms with Crippen molar-refractivity contribution in [3.63, 3.8) is 0 Å². The molecule has 9 nitrogen and oxygen atoms in total. The predicted molar refractivity (Wildman–Crippen MR) is 166 cm³/mol. The van der Waals surface area contributed by atoms with E-state index in [9.17, 15) is 43.6 Å². The topological polar surface area (TPSA) is 126 Å². The first-order valence-corrected chi connectivity index (χ1v) is 17.2. The van der Waals surface area contributed by atoms with Crippen LogP contribution < -0.4 is 14.3 Å². The first-order valence-electron chi connectivity index (χ1n) is 13.5. The van der Waals surface area contributed by atoms with Crippen molar-refractivity contribution in [2.24, 2.45) is 0 Å². The van der Waals surface area contributed by atoms with Crippen LogP contribution in [0, 0.1) is 11.6 Å². The molecule has 1 heterocycles. The summed E-state index contributed by atoms with van der Waals surface area (Å²) >= 11 is 5.95. The second-order valence-electron chi connectivity index (χ2n) is 10.3. The van der Waals surface area contributed by atoms with E-state index >= 15 is 0 Å². The highest BCUT2D eigenvalue weighted by atomic mass is 35.5. The lowest BCUT2D eigenvalue weighted by Crippen LogP contribution is -2.34. The Morgan fingerprint density at radius 1 is 0.936 bits per heavy atom. The van der Waals surface area contributed by atoms with Crippen molar-refractivity contribution in [1.82, 2.24) is 10.3 Å². The number of hydrogen-bond acceptors (Lipinski definition) is 6. The number of rotatable bonds is 11. The predicted octanol–water partition coefficient (Wildman–Crippen LogP) is 6.22. The van der Waals surface area contributed by atoms with E-state index in [1.54, 1.807) is 0 Å². The summed E-state index contributed by atoms with van der Waals surface area (Å²) in [4.78, 5) is 16.3. The number of aromatic nitrogens is 1. The number of hydrogen-bond donors (Lipinski definition) is 2. The molecule has 250 valence electrons. The van der Waals surface area contributed by atoms with Crippen LogP contribution in [0.25, 0.3) is 0 Å². The highest BCUT2D eigenvalue weighted by Crippen LogP contribution is 2.34. The Labute approximate surface area is 272 Å². The molecule has 0 fully saturated rings. The van der Waals surface area contributed by atoms with Gasteiger partial charge in [-0.25, -0.2) is 34.9 Å². The summed E-state index contributed by atoms with van der Waals surface area (Å²) < 4.78 is 123. The van der Waals surface area contributed by atoms with Gasteiger partial charge in [-0.15, -0.1) is 0 Å². The highest BCUT2D eigenvalue weighted by molar-refractivity contribution is 7.92. The van der Waals surface area contributed by atoms with Crippen molar-refractivity contribution in [1.29, 1.82) is 0 Å². The summed E-state index contributed by atoms with van der Waals surface area (Å²) in [5.41, 5.74) is -1.42. The van der Waals surface area contributed by atoms with E-state index in [2.05, 4.69) is 10.3 Å². The maximum atomic E-state index is 14.6. The molecule has 4 aromatic rings. The van der Waals surface area contributed by atoms with Crippen LogP contribution in [0.15, 0.2) is 83.8 Å². The number of carbonyl (C=O) groups is 1. The molecule has 0 bridgehead atoms. The zero-order chi connectivity index (χ0) is 34.7. The van der Waals surface area contributed by atoms with Crippen molar-refractivity contribution in [2.45, 2.75) is 37.0 Å². The van der Waals surface area contributed by atoms with Crippen molar-refractivity contribution < 1.29 is 43.6 Å². The first kappa shape index (κ1) is 35.6. The minimum Gasteiger partial charge on any atom is -0.351 e. The lowest BCUT2D eigenvalue weighted by atomic mass is 9.99. The largest absolute Gasteiger partial charge is 0.433 e. The molecule has 3 aromatic carbocycles. The van der Waals surface area contributed by atoms with Crippen molar-refractivity contribution >= 4 is 49.1 Å². The third-order valence-electron chi connectivity index (χ3n) is 6.76. The van der Waals surface area contributed by atoms with Crippen LogP contribution >= 0.6 is 11.6 Å². The van der Waals surface area contributed by atoms with Crippen LogP contribution in [0.1, 0.15) is 35.2 Å². The molecule has 0 radical (unpaired) electrons. The van der Waals surface area contributed by atoms with E-state index in [1.807, 2.05) is 4.72 Å². The summed E-state index contributed by atoms with van der Waals surface area (Å²) in [6.45, 7) is 0.386. The van der Waals surface area contributed by atoms with Crippen LogP contribution in [0.3, 0.4) is 0 Å². The molecular formula is C30H26ClF5N4O5S2. The fourth-order valence-corrected chi connectivity index (χ4v) is 6.45. The molecule has 1 aromatic heterocycles. The summed E-state index contributed by atoms with van der Waals surface area (Å²) in [5, 5.41) is 2.83. The zero-order valence-corrected chi connectivity index (χ0v) is 26.9. The molecule has 1 atom stereocenters. The van der Waals surface area contributed by atoms with Gasteiger partial charge in [0.05, 0.1) is 29.3 Å². The fraction of sp³-hybridized carbons (Fsp3) is 0.200. The van der Waals surface area contributed by atoms with Crippen LogP contribution in [-0.4, -0.2) is 34.0 Å². The number of nitrogens with zero attached hydrogens (tertiary/aromatic N) is 2. The number of sulfonamides is 2. The molecule has 0 spiro atoms. The second-order valence-corrected chi connectivity index (χ2v) is 14.4. The Bertz CT molecular complexity index is 1990. The summed E-state index contributed by atoms with van der Waals surface area (Å²) in [6.07, 6.45) is -4.14. The minimum atomic E-state index is -4.97. The van der Waals surface area contributed by atoms with Crippen LogP contribution in [0.5, 0.6) is 0 Å². The number of benzene rings is 3. The van der Waals surface area contributed by atoms with Gasteiger partial charge in [0.25, 0.3) is 10.0 Å². The third-order valence-corrected chi connectivity index (χ3v) is 9.35. The number of pyridine rings is 1. The van der Waals surface area contributed by atoms with Crippen LogP contribution in [0.2, 0.25) is 5.02 Å². The molecule has 0 aliphatic heterocycles. The Hall–Kier alpha value is -4.28. The van der Waals surface area contributed by atoms with E-state index in [4.69, 9.17) is 11.6 Å². The SMILES string of the molecule is CC(C(=O)NCc1ccc(C(F)(F)F)nc1N(Cc1ccc(Cl)cc1)S(=O)(=O)c1ccc(F)cc1)c1ccc(NS(C)(=O)=O)c(F)c1. The smallest absolute Gasteiger partial charge is 0.351 e. The van der Waals surface area contributed by atoms with E-state index in [-0.39, 0.29) is 16.8 Å². The lowest BCUT2D eigenvalue weighted by Gasteiger charge is -2.27. The second kappa shape index (κ2) is 13.8. The summed E-state index contributed by atoms with van der Waals surface area (Å²) in [7, 11) is -8.46. The molecule has 1 amide bonds. The average Bonchev–Trinajstić information content (AvgIpc) is 2.99. The molecule has 17 heteroatoms. The molecule has 2 N–H and O–H groups in total. The van der Waals surface area contributed by atoms with Gasteiger partial charge in [0.1, 0.15) is 23.1 Å². The van der Waals surface area contributed by atoms with Crippen molar-refractivity contribution in [3.8, 4) is 0 Å². The maximum absolute atomic E-state index is 14.6. The van der Waals surface area contributed by atoms with Gasteiger partial charge < -0.3 is 5.32 Å². The molecule has 0 saturated heterocycles. The van der Waals surface area contributed by atoms with Crippen molar-refractivity contribution in [3.05, 3.63) is 118 Å². The third kappa shape index (κ3) is 8.96. The summed E-state index contributed by atoms with van der Waals surface area (Å²) in [5.74, 6) is -4.11. The average molecular weight is 717 g/mol. The zero-order valence-electron chi connectivity index (χ0n) is 24.5. The molecule has 0 saturated carbocycles. The van der Waals surface area contributed by atoms with Crippen LogP contribution in [-0.2, 0) is 44.1 Å². The van der Waals surface area contributed by atoms with E-state index in [1.165, 1.54) is 37.3 Å². The van der Waals surface area contributed by atoms with E-state index < -0.39 is 79.2 Å². The lowest BCUT2D eigenvalue weighted by molar-refractivity contribution is -0.141. The van der Waals surface area contributed by atoms with Gasteiger partial charge >= 0.3 is 6.18 Å². The minimum absolute atomic E-state index is 0.128.